The first-order valence-electron chi connectivity index (χ1n) is 6.27. The van der Waals surface area contributed by atoms with Crippen molar-refractivity contribution in [2.24, 2.45) is 5.92 Å². The Balaban J connectivity index is 0.00000144. The summed E-state index contributed by atoms with van der Waals surface area (Å²) in [6.07, 6.45) is 6.54. The Bertz CT molecular complexity index is 341. The van der Waals surface area contributed by atoms with Gasteiger partial charge in [-0.05, 0) is 37.8 Å². The molecule has 0 aromatic heterocycles. The summed E-state index contributed by atoms with van der Waals surface area (Å²) in [5, 5.41) is 3.54. The first-order valence-corrected chi connectivity index (χ1v) is 6.27. The van der Waals surface area contributed by atoms with Crippen LogP contribution in [0.25, 0.3) is 6.08 Å². The first-order chi connectivity index (χ1) is 7.84. The molecule has 1 fully saturated rings. The Morgan fingerprint density at radius 2 is 2.00 bits per heavy atom. The van der Waals surface area contributed by atoms with Gasteiger partial charge in [-0.3, -0.25) is 0 Å². The number of benzene rings is 1. The summed E-state index contributed by atoms with van der Waals surface area (Å²) >= 11 is 0. The fourth-order valence-electron chi connectivity index (χ4n) is 2.06. The van der Waals surface area contributed by atoms with E-state index in [2.05, 4.69) is 48.6 Å². The summed E-state index contributed by atoms with van der Waals surface area (Å²) in [6, 6.07) is 10.5. The lowest BCUT2D eigenvalue weighted by molar-refractivity contribution is 0.305. The van der Waals surface area contributed by atoms with Crippen LogP contribution in [0.3, 0.4) is 0 Å². The maximum Gasteiger partial charge on any atom is 0.0165 e. The van der Waals surface area contributed by atoms with Gasteiger partial charge in [0.15, 0.2) is 0 Å². The van der Waals surface area contributed by atoms with E-state index in [9.17, 15) is 0 Å². The highest BCUT2D eigenvalue weighted by Gasteiger charge is 2.15. The third kappa shape index (κ3) is 4.93. The van der Waals surface area contributed by atoms with Crippen LogP contribution in [0.2, 0.25) is 0 Å². The van der Waals surface area contributed by atoms with Gasteiger partial charge in [-0.2, -0.15) is 0 Å². The second-order valence-corrected chi connectivity index (χ2v) is 4.83. The molecule has 0 amide bonds. The zero-order chi connectivity index (χ0) is 11.2. The second kappa shape index (κ2) is 7.52. The highest BCUT2D eigenvalue weighted by Crippen LogP contribution is 2.25. The minimum Gasteiger partial charge on any atom is -0.313 e. The van der Waals surface area contributed by atoms with E-state index in [0.29, 0.717) is 0 Å². The average molecular weight is 252 g/mol. The standard InChI is InChI=1S/C15H21N.ClH/c1-13(10-14-6-3-2-4-7-14)11-16-12-15-8-5-9-15;/h2-4,6-7,10,15-16H,5,8-9,11-12H2,1H3;1H/b13-10-;. The molecule has 1 aliphatic rings. The fraction of sp³-hybridized carbons (Fsp3) is 0.467. The molecule has 1 aliphatic carbocycles. The van der Waals surface area contributed by atoms with E-state index in [0.717, 1.165) is 12.5 Å². The van der Waals surface area contributed by atoms with Crippen molar-refractivity contribution in [2.45, 2.75) is 26.2 Å². The number of rotatable bonds is 5. The quantitative estimate of drug-likeness (QED) is 0.837. The van der Waals surface area contributed by atoms with Crippen LogP contribution in [-0.2, 0) is 0 Å². The predicted molar refractivity (Wildman–Crippen MR) is 77.6 cm³/mol. The van der Waals surface area contributed by atoms with Crippen molar-refractivity contribution in [3.63, 3.8) is 0 Å². The molecule has 17 heavy (non-hydrogen) atoms. The lowest BCUT2D eigenvalue weighted by Crippen LogP contribution is -2.28. The summed E-state index contributed by atoms with van der Waals surface area (Å²) in [6.45, 7) is 4.41. The van der Waals surface area contributed by atoms with Gasteiger partial charge in [-0.25, -0.2) is 0 Å². The zero-order valence-electron chi connectivity index (χ0n) is 10.5. The second-order valence-electron chi connectivity index (χ2n) is 4.83. The lowest BCUT2D eigenvalue weighted by atomic mass is 9.85. The van der Waals surface area contributed by atoms with Crippen molar-refractivity contribution in [1.29, 1.82) is 0 Å². The van der Waals surface area contributed by atoms with E-state index in [1.807, 2.05) is 0 Å². The van der Waals surface area contributed by atoms with Crippen LogP contribution in [-0.4, -0.2) is 13.1 Å². The Morgan fingerprint density at radius 1 is 1.29 bits per heavy atom. The van der Waals surface area contributed by atoms with Crippen molar-refractivity contribution in [3.05, 3.63) is 41.5 Å². The molecule has 0 radical (unpaired) electrons. The van der Waals surface area contributed by atoms with Gasteiger partial charge in [0.1, 0.15) is 0 Å². The van der Waals surface area contributed by atoms with Gasteiger partial charge >= 0.3 is 0 Å². The molecule has 2 heteroatoms. The molecule has 0 unspecified atom stereocenters. The molecule has 1 aromatic rings. The van der Waals surface area contributed by atoms with Crippen LogP contribution >= 0.6 is 12.4 Å². The highest BCUT2D eigenvalue weighted by molar-refractivity contribution is 5.85. The third-order valence-corrected chi connectivity index (χ3v) is 3.27. The molecule has 0 aliphatic heterocycles. The predicted octanol–water partition coefficient (Wildman–Crippen LogP) is 3.90. The molecule has 0 atom stereocenters. The number of halogens is 1. The monoisotopic (exact) mass is 251 g/mol. The van der Waals surface area contributed by atoms with E-state index in [4.69, 9.17) is 0 Å². The van der Waals surface area contributed by atoms with Gasteiger partial charge in [-0.1, -0.05) is 48.4 Å². The van der Waals surface area contributed by atoms with Gasteiger partial charge < -0.3 is 5.32 Å². The van der Waals surface area contributed by atoms with Crippen LogP contribution in [0, 0.1) is 5.92 Å². The molecule has 1 aromatic carbocycles. The smallest absolute Gasteiger partial charge is 0.0165 e. The minimum absolute atomic E-state index is 0. The van der Waals surface area contributed by atoms with Crippen LogP contribution in [0.4, 0.5) is 0 Å². The molecule has 1 nitrogen and oxygen atoms in total. The Kier molecular flexibility index (Phi) is 6.31. The minimum atomic E-state index is 0. The Hall–Kier alpha value is -0.790. The molecule has 1 saturated carbocycles. The molecule has 94 valence electrons. The van der Waals surface area contributed by atoms with Gasteiger partial charge in [-0.15, -0.1) is 12.4 Å². The van der Waals surface area contributed by atoms with Gasteiger partial charge in [0.2, 0.25) is 0 Å². The Labute approximate surface area is 111 Å². The van der Waals surface area contributed by atoms with Crippen LogP contribution in [0.5, 0.6) is 0 Å². The lowest BCUT2D eigenvalue weighted by Gasteiger charge is -2.25. The summed E-state index contributed by atoms with van der Waals surface area (Å²) in [5.41, 5.74) is 2.70. The van der Waals surface area contributed by atoms with Crippen LogP contribution in [0.15, 0.2) is 35.9 Å². The van der Waals surface area contributed by atoms with E-state index >= 15 is 0 Å². The summed E-state index contributed by atoms with van der Waals surface area (Å²) < 4.78 is 0. The molecular formula is C15H22ClN. The average Bonchev–Trinajstić information content (AvgIpc) is 2.23. The maximum atomic E-state index is 3.54. The summed E-state index contributed by atoms with van der Waals surface area (Å²) in [5.74, 6) is 0.949. The summed E-state index contributed by atoms with van der Waals surface area (Å²) in [7, 11) is 0. The number of nitrogens with one attached hydrogen (secondary N) is 1. The molecule has 0 bridgehead atoms. The van der Waals surface area contributed by atoms with Crippen molar-refractivity contribution < 1.29 is 0 Å². The van der Waals surface area contributed by atoms with Crippen molar-refractivity contribution >= 4 is 18.5 Å². The number of hydrogen-bond donors (Lipinski definition) is 1. The van der Waals surface area contributed by atoms with Crippen molar-refractivity contribution in [3.8, 4) is 0 Å². The number of hydrogen-bond acceptors (Lipinski definition) is 1. The molecule has 2 rings (SSSR count). The van der Waals surface area contributed by atoms with Gasteiger partial charge in [0.25, 0.3) is 0 Å². The van der Waals surface area contributed by atoms with Crippen LogP contribution < -0.4 is 5.32 Å². The maximum absolute atomic E-state index is 3.54. The van der Waals surface area contributed by atoms with Crippen molar-refractivity contribution in [2.75, 3.05) is 13.1 Å². The third-order valence-electron chi connectivity index (χ3n) is 3.27. The summed E-state index contributed by atoms with van der Waals surface area (Å²) in [4.78, 5) is 0. The molecule has 1 N–H and O–H groups in total. The zero-order valence-corrected chi connectivity index (χ0v) is 11.3. The first kappa shape index (κ1) is 14.3. The van der Waals surface area contributed by atoms with E-state index < -0.39 is 0 Å². The fourth-order valence-corrected chi connectivity index (χ4v) is 2.06. The molecule has 0 saturated heterocycles. The molecule has 0 heterocycles. The Morgan fingerprint density at radius 3 is 2.59 bits per heavy atom. The van der Waals surface area contributed by atoms with E-state index in [1.165, 1.54) is 36.9 Å². The highest BCUT2D eigenvalue weighted by atomic mass is 35.5. The van der Waals surface area contributed by atoms with Crippen LogP contribution in [0.1, 0.15) is 31.7 Å². The van der Waals surface area contributed by atoms with E-state index in [1.54, 1.807) is 0 Å². The van der Waals surface area contributed by atoms with Gasteiger partial charge in [0.05, 0.1) is 0 Å². The van der Waals surface area contributed by atoms with Gasteiger partial charge in [0, 0.05) is 6.54 Å². The topological polar surface area (TPSA) is 12.0 Å². The SMILES string of the molecule is C/C(=C/c1ccccc1)CNCC1CCC1.Cl. The van der Waals surface area contributed by atoms with E-state index in [-0.39, 0.29) is 12.4 Å². The largest absolute Gasteiger partial charge is 0.313 e. The molecular weight excluding hydrogens is 230 g/mol. The molecule has 0 spiro atoms. The normalized spacial score (nSPS) is 16.2. The van der Waals surface area contributed by atoms with Crippen molar-refractivity contribution in [1.82, 2.24) is 5.32 Å².